The minimum absolute atomic E-state index is 0. The summed E-state index contributed by atoms with van der Waals surface area (Å²) in [5, 5.41) is 0.815. The van der Waals surface area contributed by atoms with E-state index in [0.717, 1.165) is 5.02 Å². The van der Waals surface area contributed by atoms with Crippen LogP contribution in [0.25, 0.3) is 0 Å². The Hall–Kier alpha value is -1.02. The van der Waals surface area contributed by atoms with Crippen molar-refractivity contribution in [2.75, 3.05) is 6.61 Å². The van der Waals surface area contributed by atoms with Gasteiger partial charge in [-0.2, -0.15) is 12.1 Å². The molecule has 0 aliphatic carbocycles. The molecule has 0 amide bonds. The van der Waals surface area contributed by atoms with Gasteiger partial charge in [0.15, 0.2) is 0 Å². The number of hydrogen-bond acceptors (Lipinski definition) is 2. The van der Waals surface area contributed by atoms with Crippen molar-refractivity contribution in [3.8, 4) is 0 Å². The Labute approximate surface area is 117 Å². The smallest absolute Gasteiger partial charge is 0.281 e. The molecule has 0 heterocycles. The Morgan fingerprint density at radius 2 is 1.82 bits per heavy atom. The zero-order valence-corrected chi connectivity index (χ0v) is 11.2. The summed E-state index contributed by atoms with van der Waals surface area (Å²) in [5.41, 5.74) is 0.627. The Balaban J connectivity index is 0.000000316. The van der Waals surface area contributed by atoms with Gasteiger partial charge in [-0.1, -0.05) is 5.56 Å². The van der Waals surface area contributed by atoms with Crippen LogP contribution in [0.2, 0.25) is 5.02 Å². The molecule has 2 aromatic rings. The van der Waals surface area contributed by atoms with Gasteiger partial charge in [0.05, 0.1) is 6.61 Å². The van der Waals surface area contributed by atoms with Crippen molar-refractivity contribution >= 4 is 17.6 Å². The van der Waals surface area contributed by atoms with Crippen LogP contribution >= 0.6 is 11.6 Å². The number of hydrogen-bond donors (Lipinski definition) is 0. The average Bonchev–Trinajstić information content (AvgIpc) is 2.90. The number of rotatable bonds is 2. The van der Waals surface area contributed by atoms with Gasteiger partial charge in [0.1, 0.15) is 0 Å². The van der Waals surface area contributed by atoms with E-state index in [4.69, 9.17) is 16.3 Å². The largest absolute Gasteiger partial charge is 0.747 e. The van der Waals surface area contributed by atoms with Gasteiger partial charge >= 0.3 is 0 Å². The molecule has 0 unspecified atom stereocenters. The molecule has 2 rings (SSSR count). The second kappa shape index (κ2) is 9.06. The summed E-state index contributed by atoms with van der Waals surface area (Å²) in [5.74, 6) is -0.243. The summed E-state index contributed by atoms with van der Waals surface area (Å²) >= 11 is 5.46. The van der Waals surface area contributed by atoms with E-state index in [2.05, 4.69) is 0 Å². The van der Waals surface area contributed by atoms with E-state index in [1.165, 1.54) is 0 Å². The third-order valence-electron chi connectivity index (χ3n) is 1.80. The first-order valence-electron chi connectivity index (χ1n) is 5.00. The number of ether oxygens (including phenoxy) is 1. The topological polar surface area (TPSA) is 26.3 Å². The van der Waals surface area contributed by atoms with Crippen LogP contribution in [0, 0.1) is 0 Å². The zero-order chi connectivity index (χ0) is 11.8. The van der Waals surface area contributed by atoms with Crippen LogP contribution in [0.5, 0.6) is 0 Å². The maximum atomic E-state index is 10.9. The molecule has 0 aromatic heterocycles. The Kier molecular flexibility index (Phi) is 8.51. The molecule has 17 heavy (non-hydrogen) atoms. The van der Waals surface area contributed by atoms with Crippen LogP contribution in [0.3, 0.4) is 0 Å². The second-order valence-electron chi connectivity index (χ2n) is 3.00. The van der Waals surface area contributed by atoms with Crippen LogP contribution in [0.4, 0.5) is 0 Å². The number of carbonyl (C=O) groups excluding carboxylic acids is 1. The van der Waals surface area contributed by atoms with E-state index in [1.807, 2.05) is 36.4 Å². The molecule has 0 radical (unpaired) electrons. The first-order chi connectivity index (χ1) is 7.74. The summed E-state index contributed by atoms with van der Waals surface area (Å²) in [7, 11) is 0. The third-order valence-corrected chi connectivity index (χ3v) is 2.05. The molecule has 0 aliphatic heterocycles. The van der Waals surface area contributed by atoms with E-state index in [-0.39, 0.29) is 23.0 Å². The summed E-state index contributed by atoms with van der Waals surface area (Å²) in [6.07, 6.45) is 0. The summed E-state index contributed by atoms with van der Waals surface area (Å²) in [4.78, 5) is 10.9. The second-order valence-corrected chi connectivity index (χ2v) is 3.43. The molecular formula is C13H13ClFeO2-6. The van der Waals surface area contributed by atoms with Crippen LogP contribution in [0.15, 0.2) is 48.5 Å². The van der Waals surface area contributed by atoms with Crippen LogP contribution in [-0.2, 0) is 21.8 Å². The maximum absolute atomic E-state index is 10.9. The van der Waals surface area contributed by atoms with Gasteiger partial charge in [0.25, 0.3) is 5.97 Å². The molecule has 0 aliphatic rings. The van der Waals surface area contributed by atoms with Gasteiger partial charge < -0.3 is 45.6 Å². The number of carbonyl (C=O) groups is 1. The van der Waals surface area contributed by atoms with E-state index >= 15 is 0 Å². The molecule has 0 bridgehead atoms. The fourth-order valence-corrected chi connectivity index (χ4v) is 1.22. The quantitative estimate of drug-likeness (QED) is 0.480. The Morgan fingerprint density at radius 3 is 2.18 bits per heavy atom. The van der Waals surface area contributed by atoms with Gasteiger partial charge in [-0.3, -0.25) is 4.79 Å². The normalized spacial score (nSPS) is 8.59. The van der Waals surface area contributed by atoms with Crippen molar-refractivity contribution in [1.82, 2.24) is 0 Å². The molecule has 4 heteroatoms. The van der Waals surface area contributed by atoms with Crippen molar-refractivity contribution in [2.24, 2.45) is 0 Å². The predicted octanol–water partition coefficient (Wildman–Crippen LogP) is 3.64. The first-order valence-corrected chi connectivity index (χ1v) is 5.38. The van der Waals surface area contributed by atoms with Crippen LogP contribution < -0.4 is 0 Å². The minimum Gasteiger partial charge on any atom is -0.747 e. The number of esters is 1. The first kappa shape index (κ1) is 16.0. The fourth-order valence-electron chi connectivity index (χ4n) is 1.08. The Morgan fingerprint density at radius 1 is 1.29 bits per heavy atom. The minimum atomic E-state index is -0.243. The molecule has 2 aromatic carbocycles. The predicted molar refractivity (Wildman–Crippen MR) is 65.0 cm³/mol. The van der Waals surface area contributed by atoms with E-state index in [0.29, 0.717) is 12.2 Å². The summed E-state index contributed by atoms with van der Waals surface area (Å²) < 4.78 is 4.75. The van der Waals surface area contributed by atoms with E-state index < -0.39 is 0 Å². The van der Waals surface area contributed by atoms with E-state index in [1.54, 1.807) is 19.1 Å². The van der Waals surface area contributed by atoms with Crippen LogP contribution in [-0.4, -0.2) is 12.6 Å². The number of halogens is 1. The molecule has 98 valence electrons. The molecule has 0 spiro atoms. The van der Waals surface area contributed by atoms with Crippen molar-refractivity contribution in [2.45, 2.75) is 6.92 Å². The van der Waals surface area contributed by atoms with E-state index in [9.17, 15) is 4.79 Å². The molecule has 0 saturated carbocycles. The molecule has 0 N–H and O–H groups in total. The van der Waals surface area contributed by atoms with Crippen molar-refractivity contribution in [1.29, 1.82) is 0 Å². The molecule has 0 atom stereocenters. The van der Waals surface area contributed by atoms with Crippen molar-refractivity contribution in [3.63, 3.8) is 0 Å². The molecule has 0 fully saturated rings. The average molecular weight is 293 g/mol. The Bertz CT molecular complexity index is 393. The van der Waals surface area contributed by atoms with Gasteiger partial charge in [-0.15, -0.1) is 0 Å². The standard InChI is InChI=1S/C8H9O2.C5H4Cl.Fe/c1-2-10-8(9)7-5-3-4-6-7;6-5-3-1-2-4-5;/h3-6H,2H2,1H3;1-4H;/q-1;-5;. The maximum Gasteiger partial charge on any atom is 0.281 e. The van der Waals surface area contributed by atoms with Gasteiger partial charge in [-0.05, 0) is 6.92 Å². The van der Waals surface area contributed by atoms with Gasteiger partial charge in [-0.25, -0.2) is 12.1 Å². The van der Waals surface area contributed by atoms with Crippen molar-refractivity contribution < 1.29 is 26.6 Å². The SMILES string of the molecule is CCOC(=O)[c-]1cccc1.Cl[c-]1[cH-][cH-][cH-][cH-]1.[Fe]. The van der Waals surface area contributed by atoms with Crippen LogP contribution in [0.1, 0.15) is 17.3 Å². The van der Waals surface area contributed by atoms with Crippen molar-refractivity contribution in [3.05, 3.63) is 59.1 Å². The third kappa shape index (κ3) is 6.32. The molecular weight excluding hydrogens is 279 g/mol. The summed E-state index contributed by atoms with van der Waals surface area (Å²) in [6, 6.07) is 14.6. The zero-order valence-electron chi connectivity index (χ0n) is 9.37. The van der Waals surface area contributed by atoms with Gasteiger partial charge in [0, 0.05) is 17.1 Å². The molecule has 0 saturated heterocycles. The fraction of sp³-hybridized carbons (Fsp3) is 0.154. The molecule has 2 nitrogen and oxygen atoms in total. The monoisotopic (exact) mass is 292 g/mol. The summed E-state index contributed by atoms with van der Waals surface area (Å²) in [6.45, 7) is 2.23. The van der Waals surface area contributed by atoms with Gasteiger partial charge in [0.2, 0.25) is 0 Å².